The number of nitrogens with one attached hydrogen (secondary N) is 1. The minimum absolute atomic E-state index is 0.214. The van der Waals surface area contributed by atoms with Gasteiger partial charge in [0, 0.05) is 8.95 Å². The molecule has 16 heavy (non-hydrogen) atoms. The lowest BCUT2D eigenvalue weighted by Gasteiger charge is -2.12. The number of benzene rings is 1. The Morgan fingerprint density at radius 2 is 1.56 bits per heavy atom. The molecular formula is C10H8Br2N2O2. The van der Waals surface area contributed by atoms with E-state index in [0.29, 0.717) is 20.1 Å². The van der Waals surface area contributed by atoms with Crippen LogP contribution in [0, 0.1) is 0 Å². The SMILES string of the molecule is CNCN1C(=O)c2c(Br)ccc(Br)c2C1=O. The van der Waals surface area contributed by atoms with Gasteiger partial charge in [-0.1, -0.05) is 0 Å². The maximum Gasteiger partial charge on any atom is 0.263 e. The van der Waals surface area contributed by atoms with Crippen LogP contribution in [0.15, 0.2) is 21.1 Å². The number of hydrogen-bond acceptors (Lipinski definition) is 3. The second-order valence-corrected chi connectivity index (χ2v) is 5.04. The molecule has 0 unspecified atom stereocenters. The second kappa shape index (κ2) is 4.27. The third kappa shape index (κ3) is 1.61. The van der Waals surface area contributed by atoms with Crippen molar-refractivity contribution >= 4 is 43.7 Å². The van der Waals surface area contributed by atoms with Crippen molar-refractivity contribution in [2.24, 2.45) is 0 Å². The molecule has 0 saturated carbocycles. The molecule has 1 heterocycles. The van der Waals surface area contributed by atoms with Crippen LogP contribution in [0.2, 0.25) is 0 Å². The quantitative estimate of drug-likeness (QED) is 0.832. The Balaban J connectivity index is 2.59. The molecular weight excluding hydrogens is 340 g/mol. The summed E-state index contributed by atoms with van der Waals surface area (Å²) in [5, 5.41) is 2.80. The largest absolute Gasteiger partial charge is 0.302 e. The number of nitrogens with zero attached hydrogens (tertiary/aromatic N) is 1. The van der Waals surface area contributed by atoms with Crippen LogP contribution in [0.3, 0.4) is 0 Å². The number of imide groups is 1. The van der Waals surface area contributed by atoms with Gasteiger partial charge >= 0.3 is 0 Å². The molecule has 1 aromatic rings. The third-order valence-electron chi connectivity index (χ3n) is 2.34. The van der Waals surface area contributed by atoms with Gasteiger partial charge in [-0.2, -0.15) is 0 Å². The van der Waals surface area contributed by atoms with Crippen LogP contribution in [0.5, 0.6) is 0 Å². The molecule has 1 N–H and O–H groups in total. The Morgan fingerprint density at radius 1 is 1.12 bits per heavy atom. The van der Waals surface area contributed by atoms with Gasteiger partial charge in [0.2, 0.25) is 0 Å². The number of halogens is 2. The number of hydrogen-bond donors (Lipinski definition) is 1. The van der Waals surface area contributed by atoms with Crippen molar-refractivity contribution in [2.75, 3.05) is 13.7 Å². The van der Waals surface area contributed by atoms with Crippen LogP contribution in [-0.4, -0.2) is 30.4 Å². The summed E-state index contributed by atoms with van der Waals surface area (Å²) < 4.78 is 1.28. The van der Waals surface area contributed by atoms with Gasteiger partial charge in [0.1, 0.15) is 0 Å². The summed E-state index contributed by atoms with van der Waals surface area (Å²) in [7, 11) is 1.69. The topological polar surface area (TPSA) is 49.4 Å². The summed E-state index contributed by atoms with van der Waals surface area (Å²) in [6.07, 6.45) is 0. The molecule has 1 aliphatic rings. The standard InChI is InChI=1S/C10H8Br2N2O2/c1-13-4-14-9(15)7-5(11)2-3-6(12)8(7)10(14)16/h2-3,13H,4H2,1H3. The monoisotopic (exact) mass is 346 g/mol. The van der Waals surface area contributed by atoms with Gasteiger partial charge in [0.25, 0.3) is 11.8 Å². The first kappa shape index (κ1) is 11.8. The Kier molecular flexibility index (Phi) is 3.14. The van der Waals surface area contributed by atoms with Gasteiger partial charge in [-0.05, 0) is 51.0 Å². The minimum Gasteiger partial charge on any atom is -0.302 e. The lowest BCUT2D eigenvalue weighted by atomic mass is 10.1. The van der Waals surface area contributed by atoms with Crippen molar-refractivity contribution in [1.29, 1.82) is 0 Å². The highest BCUT2D eigenvalue weighted by Crippen LogP contribution is 2.34. The third-order valence-corrected chi connectivity index (χ3v) is 3.66. The first-order chi connectivity index (χ1) is 7.57. The fourth-order valence-electron chi connectivity index (χ4n) is 1.63. The minimum atomic E-state index is -0.275. The van der Waals surface area contributed by atoms with Crippen LogP contribution >= 0.6 is 31.9 Å². The van der Waals surface area contributed by atoms with Crippen molar-refractivity contribution in [3.8, 4) is 0 Å². The fraction of sp³-hybridized carbons (Fsp3) is 0.200. The van der Waals surface area contributed by atoms with Crippen molar-refractivity contribution in [2.45, 2.75) is 0 Å². The molecule has 0 aromatic heterocycles. The molecule has 1 aliphatic heterocycles. The highest BCUT2D eigenvalue weighted by Gasteiger charge is 2.38. The van der Waals surface area contributed by atoms with Crippen molar-refractivity contribution in [1.82, 2.24) is 10.2 Å². The number of amides is 2. The molecule has 0 fully saturated rings. The smallest absolute Gasteiger partial charge is 0.263 e. The van der Waals surface area contributed by atoms with Crippen LogP contribution < -0.4 is 5.32 Å². The highest BCUT2D eigenvalue weighted by atomic mass is 79.9. The van der Waals surface area contributed by atoms with Crippen molar-refractivity contribution < 1.29 is 9.59 Å². The van der Waals surface area contributed by atoms with Crippen LogP contribution in [0.1, 0.15) is 20.7 Å². The average molecular weight is 348 g/mol. The van der Waals surface area contributed by atoms with Crippen LogP contribution in [0.4, 0.5) is 0 Å². The Hall–Kier alpha value is -0.720. The first-order valence-electron chi connectivity index (χ1n) is 4.56. The lowest BCUT2D eigenvalue weighted by molar-refractivity contribution is 0.0645. The van der Waals surface area contributed by atoms with Gasteiger partial charge in [-0.25, -0.2) is 0 Å². The molecule has 4 nitrogen and oxygen atoms in total. The Bertz CT molecular complexity index is 447. The Morgan fingerprint density at radius 3 is 1.94 bits per heavy atom. The zero-order chi connectivity index (χ0) is 11.9. The summed E-state index contributed by atoms with van der Waals surface area (Å²) in [6, 6.07) is 3.49. The number of rotatable bonds is 2. The van der Waals surface area contributed by atoms with E-state index < -0.39 is 0 Å². The zero-order valence-electron chi connectivity index (χ0n) is 8.38. The summed E-state index contributed by atoms with van der Waals surface area (Å²) in [5.74, 6) is -0.551. The van der Waals surface area contributed by atoms with E-state index >= 15 is 0 Å². The van der Waals surface area contributed by atoms with E-state index in [9.17, 15) is 9.59 Å². The summed E-state index contributed by atoms with van der Waals surface area (Å²) in [4.78, 5) is 25.1. The van der Waals surface area contributed by atoms with Crippen molar-refractivity contribution in [3.05, 3.63) is 32.2 Å². The zero-order valence-corrected chi connectivity index (χ0v) is 11.6. The summed E-state index contributed by atoms with van der Waals surface area (Å²) in [6.45, 7) is 0.214. The fourth-order valence-corrected chi connectivity index (χ4v) is 2.63. The van der Waals surface area contributed by atoms with E-state index in [1.54, 1.807) is 19.2 Å². The number of fused-ring (bicyclic) bond motifs is 1. The summed E-state index contributed by atoms with van der Waals surface area (Å²) in [5.41, 5.74) is 0.851. The van der Waals surface area contributed by atoms with Gasteiger partial charge < -0.3 is 5.32 Å². The molecule has 84 valence electrons. The van der Waals surface area contributed by atoms with Gasteiger partial charge in [0.05, 0.1) is 17.8 Å². The van der Waals surface area contributed by atoms with E-state index in [-0.39, 0.29) is 18.5 Å². The molecule has 2 amide bonds. The van der Waals surface area contributed by atoms with E-state index in [4.69, 9.17) is 0 Å². The lowest BCUT2D eigenvalue weighted by Crippen LogP contribution is -2.36. The van der Waals surface area contributed by atoms with Crippen LogP contribution in [0.25, 0.3) is 0 Å². The number of carbonyl (C=O) groups is 2. The molecule has 0 saturated heterocycles. The normalized spacial score (nSPS) is 14.6. The van der Waals surface area contributed by atoms with E-state index in [1.807, 2.05) is 0 Å². The second-order valence-electron chi connectivity index (χ2n) is 3.33. The van der Waals surface area contributed by atoms with Gasteiger partial charge in [0.15, 0.2) is 0 Å². The van der Waals surface area contributed by atoms with Gasteiger partial charge in [-0.3, -0.25) is 14.5 Å². The van der Waals surface area contributed by atoms with Crippen molar-refractivity contribution in [3.63, 3.8) is 0 Å². The average Bonchev–Trinajstić information content (AvgIpc) is 2.50. The van der Waals surface area contributed by atoms with E-state index in [2.05, 4.69) is 37.2 Å². The van der Waals surface area contributed by atoms with Crippen LogP contribution in [-0.2, 0) is 0 Å². The molecule has 0 spiro atoms. The molecule has 0 aliphatic carbocycles. The Labute approximate surface area is 109 Å². The predicted molar refractivity (Wildman–Crippen MR) is 66.3 cm³/mol. The van der Waals surface area contributed by atoms with Gasteiger partial charge in [-0.15, -0.1) is 0 Å². The molecule has 0 radical (unpaired) electrons. The first-order valence-corrected chi connectivity index (χ1v) is 6.15. The molecule has 0 atom stereocenters. The predicted octanol–water partition coefficient (Wildman–Crippen LogP) is 1.98. The maximum atomic E-state index is 12.0. The number of carbonyl (C=O) groups excluding carboxylic acids is 2. The molecule has 6 heteroatoms. The molecule has 2 rings (SSSR count). The molecule has 1 aromatic carbocycles. The maximum absolute atomic E-state index is 12.0. The van der Waals surface area contributed by atoms with E-state index in [1.165, 1.54) is 4.90 Å². The molecule has 0 bridgehead atoms. The highest BCUT2D eigenvalue weighted by molar-refractivity contribution is 9.11. The van der Waals surface area contributed by atoms with E-state index in [0.717, 1.165) is 0 Å². The summed E-state index contributed by atoms with van der Waals surface area (Å²) >= 11 is 6.57.